The van der Waals surface area contributed by atoms with Gasteiger partial charge in [-0.15, -0.1) is 0 Å². The van der Waals surface area contributed by atoms with Gasteiger partial charge in [-0.05, 0) is 53.6 Å². The van der Waals surface area contributed by atoms with E-state index in [2.05, 4.69) is 0 Å². The predicted octanol–water partition coefficient (Wildman–Crippen LogP) is 4.21. The number of imide groups is 2. The number of benzene rings is 3. The fourth-order valence-corrected chi connectivity index (χ4v) is 3.16. The third-order valence-electron chi connectivity index (χ3n) is 4.66. The normalized spacial score (nSPS) is 15.1. The van der Waals surface area contributed by atoms with Crippen molar-refractivity contribution in [2.45, 2.75) is 6.61 Å². The molecule has 3 aromatic carbocycles. The fourth-order valence-electron chi connectivity index (χ4n) is 3.16. The van der Waals surface area contributed by atoms with Crippen molar-refractivity contribution in [1.29, 1.82) is 0 Å². The van der Waals surface area contributed by atoms with Gasteiger partial charge in [0.15, 0.2) is 0 Å². The Balaban J connectivity index is 1.59. The number of rotatable bonds is 5. The molecule has 1 aliphatic heterocycles. The molecule has 0 radical (unpaired) electrons. The van der Waals surface area contributed by atoms with E-state index in [1.165, 1.54) is 36.4 Å². The van der Waals surface area contributed by atoms with Crippen LogP contribution in [0.2, 0.25) is 0 Å². The molecule has 0 aromatic heterocycles. The van der Waals surface area contributed by atoms with Gasteiger partial charge in [0.2, 0.25) is 0 Å². The fraction of sp³-hybridized carbons (Fsp3) is 0.0417. The number of hydrogen-bond acceptors (Lipinski definition) is 4. The van der Waals surface area contributed by atoms with Crippen molar-refractivity contribution in [2.75, 3.05) is 4.90 Å². The Morgan fingerprint density at radius 1 is 0.906 bits per heavy atom. The summed E-state index contributed by atoms with van der Waals surface area (Å²) in [5, 5.41) is 2.05. The minimum Gasteiger partial charge on any atom is -0.489 e. The number of carbonyl (C=O) groups excluding carboxylic acids is 3. The molecule has 4 rings (SSSR count). The number of hydrogen-bond donors (Lipinski definition) is 1. The lowest BCUT2D eigenvalue weighted by molar-refractivity contribution is -0.122. The van der Waals surface area contributed by atoms with E-state index in [0.29, 0.717) is 21.8 Å². The molecule has 6 nitrogen and oxygen atoms in total. The molecule has 1 N–H and O–H groups in total. The Morgan fingerprint density at radius 3 is 2.47 bits per heavy atom. The molecular weight excluding hydrogens is 418 g/mol. The number of barbiturate groups is 1. The van der Waals surface area contributed by atoms with E-state index in [1.54, 1.807) is 36.4 Å². The quantitative estimate of drug-likeness (QED) is 0.482. The molecule has 1 aliphatic rings. The number of urea groups is 1. The first-order valence-corrected chi connectivity index (χ1v) is 9.55. The van der Waals surface area contributed by atoms with Gasteiger partial charge in [-0.2, -0.15) is 0 Å². The second kappa shape index (κ2) is 8.81. The highest BCUT2D eigenvalue weighted by Gasteiger charge is 2.37. The minimum absolute atomic E-state index is 0.118. The summed E-state index contributed by atoms with van der Waals surface area (Å²) >= 11 is 0. The summed E-state index contributed by atoms with van der Waals surface area (Å²) in [5.74, 6) is -2.57. The van der Waals surface area contributed by atoms with Crippen LogP contribution in [0.5, 0.6) is 5.75 Å². The zero-order chi connectivity index (χ0) is 22.7. The number of amides is 4. The van der Waals surface area contributed by atoms with Gasteiger partial charge >= 0.3 is 6.03 Å². The van der Waals surface area contributed by atoms with Crippen molar-refractivity contribution in [3.63, 3.8) is 0 Å². The van der Waals surface area contributed by atoms with Crippen LogP contribution in [-0.4, -0.2) is 17.8 Å². The first-order valence-electron chi connectivity index (χ1n) is 9.55. The third-order valence-corrected chi connectivity index (χ3v) is 4.66. The van der Waals surface area contributed by atoms with Crippen LogP contribution in [0, 0.1) is 11.6 Å². The summed E-state index contributed by atoms with van der Waals surface area (Å²) in [4.78, 5) is 37.9. The smallest absolute Gasteiger partial charge is 0.336 e. The van der Waals surface area contributed by atoms with E-state index in [9.17, 15) is 23.2 Å². The minimum atomic E-state index is -1.03. The van der Waals surface area contributed by atoms with E-state index in [-0.39, 0.29) is 23.7 Å². The second-order valence-corrected chi connectivity index (χ2v) is 6.90. The highest BCUT2D eigenvalue weighted by atomic mass is 19.1. The van der Waals surface area contributed by atoms with Crippen molar-refractivity contribution >= 4 is 29.6 Å². The highest BCUT2D eigenvalue weighted by molar-refractivity contribution is 6.39. The number of para-hydroxylation sites is 1. The first kappa shape index (κ1) is 20.9. The van der Waals surface area contributed by atoms with E-state index >= 15 is 0 Å². The number of halogens is 2. The molecule has 0 bridgehead atoms. The van der Waals surface area contributed by atoms with Gasteiger partial charge in [0.25, 0.3) is 11.8 Å². The third kappa shape index (κ3) is 4.39. The van der Waals surface area contributed by atoms with Crippen LogP contribution in [0.1, 0.15) is 11.1 Å². The highest BCUT2D eigenvalue weighted by Crippen LogP contribution is 2.25. The van der Waals surface area contributed by atoms with Crippen LogP contribution in [0.3, 0.4) is 0 Å². The van der Waals surface area contributed by atoms with Crippen molar-refractivity contribution in [2.24, 2.45) is 0 Å². The van der Waals surface area contributed by atoms with Crippen molar-refractivity contribution in [3.05, 3.63) is 101 Å². The topological polar surface area (TPSA) is 75.7 Å². The summed E-state index contributed by atoms with van der Waals surface area (Å²) in [6.07, 6.45) is 1.28. The van der Waals surface area contributed by atoms with Crippen LogP contribution in [0.4, 0.5) is 19.3 Å². The average molecular weight is 434 g/mol. The second-order valence-electron chi connectivity index (χ2n) is 6.90. The molecule has 0 saturated carbocycles. The number of carbonyl (C=O) groups is 3. The van der Waals surface area contributed by atoms with Gasteiger partial charge in [-0.25, -0.2) is 18.5 Å². The molecule has 3 aromatic rings. The van der Waals surface area contributed by atoms with Gasteiger partial charge in [-0.1, -0.05) is 36.4 Å². The predicted molar refractivity (Wildman–Crippen MR) is 113 cm³/mol. The van der Waals surface area contributed by atoms with E-state index in [4.69, 9.17) is 4.74 Å². The zero-order valence-electron chi connectivity index (χ0n) is 16.5. The summed E-state index contributed by atoms with van der Waals surface area (Å²) in [6.45, 7) is 0.118. The molecule has 32 heavy (non-hydrogen) atoms. The Morgan fingerprint density at radius 2 is 1.69 bits per heavy atom. The summed E-state index contributed by atoms with van der Waals surface area (Å²) in [7, 11) is 0. The molecule has 0 unspecified atom stereocenters. The maximum absolute atomic E-state index is 14.2. The van der Waals surface area contributed by atoms with Crippen LogP contribution < -0.4 is 15.0 Å². The van der Waals surface area contributed by atoms with Gasteiger partial charge in [0.05, 0.1) is 5.69 Å². The van der Waals surface area contributed by atoms with E-state index in [0.717, 1.165) is 6.07 Å². The molecule has 0 atom stereocenters. The Hall–Kier alpha value is -4.33. The lowest BCUT2D eigenvalue weighted by atomic mass is 10.1. The largest absolute Gasteiger partial charge is 0.489 e. The Kier molecular flexibility index (Phi) is 5.76. The van der Waals surface area contributed by atoms with Crippen molar-refractivity contribution in [1.82, 2.24) is 5.32 Å². The molecule has 1 heterocycles. The van der Waals surface area contributed by atoms with Gasteiger partial charge in [0.1, 0.15) is 29.6 Å². The summed E-state index contributed by atoms with van der Waals surface area (Å²) in [6, 6.07) is 16.7. The maximum atomic E-state index is 14.2. The summed E-state index contributed by atoms with van der Waals surface area (Å²) in [5.41, 5.74) is 0.480. The van der Waals surface area contributed by atoms with Crippen molar-refractivity contribution < 1.29 is 27.9 Å². The monoisotopic (exact) mass is 434 g/mol. The molecule has 8 heteroatoms. The zero-order valence-corrected chi connectivity index (χ0v) is 16.5. The standard InChI is InChI=1S/C24H16F2N2O4/c25-17-7-3-6-16(11-17)14-32-18-8-4-5-15(12-18)13-19-22(29)27-24(31)28(23(19)30)21-10-2-1-9-20(21)26/h1-13H,14H2,(H,27,29,31)/b19-13+. The first-order chi connectivity index (χ1) is 15.4. The number of nitrogens with one attached hydrogen (secondary N) is 1. The molecule has 4 amide bonds. The molecule has 1 saturated heterocycles. The maximum Gasteiger partial charge on any atom is 0.336 e. The lowest BCUT2D eigenvalue weighted by Gasteiger charge is -2.26. The Labute approximate surface area is 181 Å². The molecule has 0 aliphatic carbocycles. The molecular formula is C24H16F2N2O4. The molecule has 160 valence electrons. The van der Waals surface area contributed by atoms with E-state index < -0.39 is 23.7 Å². The van der Waals surface area contributed by atoms with Crippen LogP contribution in [-0.2, 0) is 16.2 Å². The average Bonchev–Trinajstić information content (AvgIpc) is 2.77. The van der Waals surface area contributed by atoms with Crippen molar-refractivity contribution in [3.8, 4) is 5.75 Å². The van der Waals surface area contributed by atoms with Crippen LogP contribution >= 0.6 is 0 Å². The van der Waals surface area contributed by atoms with Crippen LogP contribution in [0.15, 0.2) is 78.4 Å². The van der Waals surface area contributed by atoms with E-state index in [1.807, 2.05) is 5.32 Å². The van der Waals surface area contributed by atoms with Crippen LogP contribution in [0.25, 0.3) is 6.08 Å². The van der Waals surface area contributed by atoms with Gasteiger partial charge in [-0.3, -0.25) is 14.9 Å². The van der Waals surface area contributed by atoms with Gasteiger partial charge < -0.3 is 4.74 Å². The number of anilines is 1. The van der Waals surface area contributed by atoms with Gasteiger partial charge in [0, 0.05) is 0 Å². The number of nitrogens with zero attached hydrogens (tertiary/aromatic N) is 1. The molecule has 1 fully saturated rings. The summed E-state index contributed by atoms with van der Waals surface area (Å²) < 4.78 is 33.1. The number of ether oxygens (including phenoxy) is 1. The Bertz CT molecular complexity index is 1260. The molecule has 0 spiro atoms. The SMILES string of the molecule is O=C1NC(=O)N(c2ccccc2F)C(=O)/C1=C/c1cccc(OCc2cccc(F)c2)c1. The lowest BCUT2D eigenvalue weighted by Crippen LogP contribution is -2.54.